The quantitative estimate of drug-likeness (QED) is 0.668. The Labute approximate surface area is 125 Å². The average molecular weight is 337 g/mol. The van der Waals surface area contributed by atoms with Crippen molar-refractivity contribution < 1.29 is 9.13 Å². The minimum absolute atomic E-state index is 0.299. The highest BCUT2D eigenvalue weighted by Gasteiger charge is 2.20. The van der Waals surface area contributed by atoms with Crippen molar-refractivity contribution in [3.63, 3.8) is 0 Å². The highest BCUT2D eigenvalue weighted by atomic mass is 79.9. The smallest absolute Gasteiger partial charge is 0.142 e. The molecular weight excluding hydrogens is 323 g/mol. The summed E-state index contributed by atoms with van der Waals surface area (Å²) in [5.41, 5.74) is 5.27. The van der Waals surface area contributed by atoms with Crippen molar-refractivity contribution in [2.75, 3.05) is 6.61 Å². The topological polar surface area (TPSA) is 47.3 Å². The number of rotatable bonds is 3. The highest BCUT2D eigenvalue weighted by molar-refractivity contribution is 9.10. The molecule has 20 heavy (non-hydrogen) atoms. The van der Waals surface area contributed by atoms with Crippen molar-refractivity contribution in [3.8, 4) is 5.75 Å². The molecule has 2 aromatic carbocycles. The fourth-order valence-electron chi connectivity index (χ4n) is 2.50. The van der Waals surface area contributed by atoms with Crippen molar-refractivity contribution in [3.05, 3.63) is 63.4 Å². The van der Waals surface area contributed by atoms with Crippen LogP contribution in [0.25, 0.3) is 0 Å². The Morgan fingerprint density at radius 1 is 1.30 bits per heavy atom. The first kappa shape index (κ1) is 13.5. The van der Waals surface area contributed by atoms with E-state index in [9.17, 15) is 4.39 Å². The molecule has 0 spiro atoms. The molecular formula is C15H14BrFN2O. The monoisotopic (exact) mass is 336 g/mol. The Hall–Kier alpha value is -1.43. The first-order valence-corrected chi connectivity index (χ1v) is 7.15. The van der Waals surface area contributed by atoms with Gasteiger partial charge in [0.1, 0.15) is 11.6 Å². The van der Waals surface area contributed by atoms with E-state index in [4.69, 9.17) is 10.6 Å². The maximum atomic E-state index is 14.2. The van der Waals surface area contributed by atoms with E-state index < -0.39 is 6.04 Å². The van der Waals surface area contributed by atoms with E-state index >= 15 is 0 Å². The van der Waals surface area contributed by atoms with Gasteiger partial charge in [-0.25, -0.2) is 9.82 Å². The van der Waals surface area contributed by atoms with Crippen LogP contribution in [0, 0.1) is 5.82 Å². The van der Waals surface area contributed by atoms with E-state index in [1.54, 1.807) is 18.2 Å². The van der Waals surface area contributed by atoms with E-state index in [0.29, 0.717) is 16.6 Å². The van der Waals surface area contributed by atoms with Crippen LogP contribution < -0.4 is 16.0 Å². The molecule has 1 unspecified atom stereocenters. The zero-order valence-corrected chi connectivity index (χ0v) is 12.3. The molecule has 3 nitrogen and oxygen atoms in total. The Balaban J connectivity index is 2.03. The summed E-state index contributed by atoms with van der Waals surface area (Å²) in [6.07, 6.45) is 0.876. The van der Waals surface area contributed by atoms with Gasteiger partial charge in [-0.15, -0.1) is 0 Å². The van der Waals surface area contributed by atoms with E-state index in [2.05, 4.69) is 21.4 Å². The molecule has 0 aliphatic carbocycles. The van der Waals surface area contributed by atoms with E-state index in [1.165, 1.54) is 0 Å². The summed E-state index contributed by atoms with van der Waals surface area (Å²) in [4.78, 5) is 0. The number of fused-ring (bicyclic) bond motifs is 1. The normalized spacial score (nSPS) is 14.8. The second-order valence-corrected chi connectivity index (χ2v) is 5.56. The summed E-state index contributed by atoms with van der Waals surface area (Å²) in [5.74, 6) is 6.24. The summed E-state index contributed by atoms with van der Waals surface area (Å²) in [5, 5.41) is 0. The maximum absolute atomic E-state index is 14.2. The standard InChI is InChI=1S/C15H14BrFN2O/c16-12-3-1-2-11(14(12)17)15(19-18)10-4-5-13-9(8-10)6-7-20-13/h1-5,8,15,19H,6-7,18H2. The Morgan fingerprint density at radius 3 is 2.95 bits per heavy atom. The number of nitrogens with one attached hydrogen (secondary N) is 1. The molecule has 0 bridgehead atoms. The Kier molecular flexibility index (Phi) is 3.74. The molecule has 0 amide bonds. The summed E-state index contributed by atoms with van der Waals surface area (Å²) in [6, 6.07) is 10.7. The van der Waals surface area contributed by atoms with Crippen LogP contribution in [-0.2, 0) is 6.42 Å². The second-order valence-electron chi connectivity index (χ2n) is 4.71. The third-order valence-electron chi connectivity index (χ3n) is 3.51. The zero-order chi connectivity index (χ0) is 14.1. The molecule has 0 saturated carbocycles. The van der Waals surface area contributed by atoms with Crippen molar-refractivity contribution in [2.24, 2.45) is 5.84 Å². The molecule has 0 saturated heterocycles. The van der Waals surface area contributed by atoms with Gasteiger partial charge in [0.2, 0.25) is 0 Å². The predicted octanol–water partition coefficient (Wildman–Crippen LogP) is 3.08. The van der Waals surface area contributed by atoms with Crippen molar-refractivity contribution in [1.29, 1.82) is 0 Å². The molecule has 1 atom stereocenters. The summed E-state index contributed by atoms with van der Waals surface area (Å²) < 4.78 is 20.1. The SMILES string of the molecule is NNC(c1ccc2c(c1)CCO2)c1cccc(Br)c1F. The van der Waals surface area contributed by atoms with Gasteiger partial charge in [-0.2, -0.15) is 0 Å². The van der Waals surface area contributed by atoms with Crippen LogP contribution in [-0.4, -0.2) is 6.61 Å². The molecule has 1 heterocycles. The third-order valence-corrected chi connectivity index (χ3v) is 4.12. The lowest BCUT2D eigenvalue weighted by Gasteiger charge is -2.18. The van der Waals surface area contributed by atoms with Gasteiger partial charge in [-0.1, -0.05) is 24.3 Å². The zero-order valence-electron chi connectivity index (χ0n) is 10.7. The Bertz CT molecular complexity index is 648. The number of benzene rings is 2. The van der Waals surface area contributed by atoms with Gasteiger partial charge in [0, 0.05) is 12.0 Å². The molecule has 2 aromatic rings. The second kappa shape index (κ2) is 5.52. The molecule has 1 aliphatic heterocycles. The number of ether oxygens (including phenoxy) is 1. The molecule has 5 heteroatoms. The van der Waals surface area contributed by atoms with Crippen molar-refractivity contribution in [1.82, 2.24) is 5.43 Å². The van der Waals surface area contributed by atoms with Gasteiger partial charge >= 0.3 is 0 Å². The van der Waals surface area contributed by atoms with Gasteiger partial charge in [-0.3, -0.25) is 5.84 Å². The van der Waals surface area contributed by atoms with Crippen LogP contribution in [0.5, 0.6) is 5.75 Å². The van der Waals surface area contributed by atoms with Crippen LogP contribution in [0.3, 0.4) is 0 Å². The fourth-order valence-corrected chi connectivity index (χ4v) is 2.88. The van der Waals surface area contributed by atoms with Crippen molar-refractivity contribution in [2.45, 2.75) is 12.5 Å². The predicted molar refractivity (Wildman–Crippen MR) is 78.9 cm³/mol. The van der Waals surface area contributed by atoms with Gasteiger partial charge < -0.3 is 4.74 Å². The molecule has 3 N–H and O–H groups in total. The molecule has 0 fully saturated rings. The molecule has 104 valence electrons. The lowest BCUT2D eigenvalue weighted by Crippen LogP contribution is -2.29. The number of hydrazine groups is 1. The van der Waals surface area contributed by atoms with Crippen LogP contribution in [0.15, 0.2) is 40.9 Å². The van der Waals surface area contributed by atoms with Crippen LogP contribution >= 0.6 is 15.9 Å². The van der Waals surface area contributed by atoms with Gasteiger partial charge in [0.05, 0.1) is 17.1 Å². The lowest BCUT2D eigenvalue weighted by atomic mass is 9.96. The van der Waals surface area contributed by atoms with Gasteiger partial charge in [0.25, 0.3) is 0 Å². The van der Waals surface area contributed by atoms with Gasteiger partial charge in [0.15, 0.2) is 0 Å². The lowest BCUT2D eigenvalue weighted by molar-refractivity contribution is 0.357. The average Bonchev–Trinajstić information content (AvgIpc) is 2.92. The van der Waals surface area contributed by atoms with E-state index in [0.717, 1.165) is 23.3 Å². The number of nitrogens with two attached hydrogens (primary N) is 1. The molecule has 1 aliphatic rings. The number of halogens is 2. The minimum atomic E-state index is -0.390. The van der Waals surface area contributed by atoms with Crippen LogP contribution in [0.4, 0.5) is 4.39 Å². The van der Waals surface area contributed by atoms with Crippen LogP contribution in [0.2, 0.25) is 0 Å². The number of hydrogen-bond donors (Lipinski definition) is 2. The van der Waals surface area contributed by atoms with Gasteiger partial charge in [-0.05, 0) is 39.2 Å². The largest absolute Gasteiger partial charge is 0.493 e. The first-order chi connectivity index (χ1) is 9.70. The third kappa shape index (κ3) is 2.32. The highest BCUT2D eigenvalue weighted by Crippen LogP contribution is 2.32. The summed E-state index contributed by atoms with van der Waals surface area (Å²) in [7, 11) is 0. The fraction of sp³-hybridized carbons (Fsp3) is 0.200. The molecule has 0 aromatic heterocycles. The van der Waals surface area contributed by atoms with E-state index in [-0.39, 0.29) is 5.82 Å². The first-order valence-electron chi connectivity index (χ1n) is 6.36. The van der Waals surface area contributed by atoms with Crippen molar-refractivity contribution >= 4 is 15.9 Å². The molecule has 0 radical (unpaired) electrons. The summed E-state index contributed by atoms with van der Waals surface area (Å²) in [6.45, 7) is 0.699. The minimum Gasteiger partial charge on any atom is -0.493 e. The maximum Gasteiger partial charge on any atom is 0.142 e. The van der Waals surface area contributed by atoms with Crippen LogP contribution in [0.1, 0.15) is 22.7 Å². The summed E-state index contributed by atoms with van der Waals surface area (Å²) >= 11 is 3.20. The van der Waals surface area contributed by atoms with E-state index in [1.807, 2.05) is 18.2 Å². The molecule has 3 rings (SSSR count). The Morgan fingerprint density at radius 2 is 2.15 bits per heavy atom. The number of hydrogen-bond acceptors (Lipinski definition) is 3.